The summed E-state index contributed by atoms with van der Waals surface area (Å²) in [5, 5.41) is 12.2. The van der Waals surface area contributed by atoms with Crippen molar-refractivity contribution in [1.82, 2.24) is 14.5 Å². The van der Waals surface area contributed by atoms with Crippen molar-refractivity contribution in [2.45, 2.75) is 65.2 Å². The molecule has 4 heteroatoms. The van der Waals surface area contributed by atoms with Crippen LogP contribution in [-0.2, 0) is 10.8 Å². The molecular formula is C52H49N3O. The number of pyridine rings is 1. The second kappa shape index (κ2) is 14.4. The number of rotatable bonds is 7. The molecule has 1 N–H and O–H groups in total. The monoisotopic (exact) mass is 731 g/mol. The Morgan fingerprint density at radius 1 is 0.554 bits per heavy atom. The summed E-state index contributed by atoms with van der Waals surface area (Å²) in [6.45, 7) is 15.4. The second-order valence-corrected chi connectivity index (χ2v) is 17.0. The van der Waals surface area contributed by atoms with Crippen molar-refractivity contribution in [1.29, 1.82) is 0 Å². The normalized spacial score (nSPS) is 12.6. The average molecular weight is 732 g/mol. The van der Waals surface area contributed by atoms with Crippen molar-refractivity contribution in [3.63, 3.8) is 0 Å². The lowest BCUT2D eigenvalue weighted by Crippen LogP contribution is -2.17. The van der Waals surface area contributed by atoms with E-state index in [0.29, 0.717) is 5.82 Å². The van der Waals surface area contributed by atoms with Gasteiger partial charge in [0.05, 0.1) is 22.3 Å². The van der Waals surface area contributed by atoms with E-state index in [2.05, 4.69) is 193 Å². The van der Waals surface area contributed by atoms with Crippen molar-refractivity contribution < 1.29 is 5.11 Å². The lowest BCUT2D eigenvalue weighted by molar-refractivity contribution is 0.446. The highest BCUT2D eigenvalue weighted by Crippen LogP contribution is 2.45. The van der Waals surface area contributed by atoms with Gasteiger partial charge in [-0.1, -0.05) is 152 Å². The summed E-state index contributed by atoms with van der Waals surface area (Å²) in [6, 6.07) is 53.3. The van der Waals surface area contributed by atoms with Crippen molar-refractivity contribution in [2.24, 2.45) is 0 Å². The van der Waals surface area contributed by atoms with E-state index in [4.69, 9.17) is 9.97 Å². The summed E-state index contributed by atoms with van der Waals surface area (Å²) >= 11 is 0. The molecule has 0 amide bonds. The molecule has 0 fully saturated rings. The van der Waals surface area contributed by atoms with Crippen LogP contribution in [0.25, 0.3) is 61.6 Å². The van der Waals surface area contributed by atoms with Crippen LogP contribution < -0.4 is 0 Å². The number of phenolic OH excluding ortho intramolecular Hbond substituents is 1. The molecule has 0 radical (unpaired) electrons. The molecule has 0 saturated heterocycles. The van der Waals surface area contributed by atoms with E-state index in [-0.39, 0.29) is 22.5 Å². The van der Waals surface area contributed by atoms with Crippen molar-refractivity contribution in [3.8, 4) is 56.3 Å². The first-order valence-corrected chi connectivity index (χ1v) is 19.5. The zero-order valence-electron chi connectivity index (χ0n) is 33.4. The van der Waals surface area contributed by atoms with Crippen LogP contribution in [0.3, 0.4) is 0 Å². The number of aromatic hydroxyl groups is 1. The van der Waals surface area contributed by atoms with E-state index in [1.54, 1.807) is 0 Å². The molecule has 0 aliphatic carbocycles. The molecule has 0 saturated carbocycles. The van der Waals surface area contributed by atoms with Gasteiger partial charge in [-0.25, -0.2) is 4.98 Å². The summed E-state index contributed by atoms with van der Waals surface area (Å²) in [5.74, 6) is 1.11. The summed E-state index contributed by atoms with van der Waals surface area (Å²) < 4.78 is 2.20. The van der Waals surface area contributed by atoms with Crippen LogP contribution >= 0.6 is 0 Å². The van der Waals surface area contributed by atoms with Crippen LogP contribution in [-0.4, -0.2) is 19.6 Å². The Kier molecular flexibility index (Phi) is 9.46. The van der Waals surface area contributed by atoms with Crippen molar-refractivity contribution in [3.05, 3.63) is 180 Å². The molecule has 0 spiro atoms. The van der Waals surface area contributed by atoms with E-state index in [0.717, 1.165) is 66.9 Å². The van der Waals surface area contributed by atoms with Crippen LogP contribution in [0.2, 0.25) is 0 Å². The van der Waals surface area contributed by atoms with Gasteiger partial charge in [0.25, 0.3) is 0 Å². The van der Waals surface area contributed by atoms with Gasteiger partial charge in [-0.2, -0.15) is 0 Å². The Morgan fingerprint density at radius 3 is 1.89 bits per heavy atom. The molecule has 0 bridgehead atoms. The molecule has 2 heterocycles. The maximum atomic E-state index is 12.2. The summed E-state index contributed by atoms with van der Waals surface area (Å²) in [6.07, 6.45) is 1.91. The predicted molar refractivity (Wildman–Crippen MR) is 234 cm³/mol. The van der Waals surface area contributed by atoms with Crippen molar-refractivity contribution >= 4 is 11.0 Å². The first-order valence-electron chi connectivity index (χ1n) is 19.5. The van der Waals surface area contributed by atoms with Gasteiger partial charge in [-0.15, -0.1) is 0 Å². The second-order valence-electron chi connectivity index (χ2n) is 17.0. The largest absolute Gasteiger partial charge is 0.507 e. The Balaban J connectivity index is 1.40. The highest BCUT2D eigenvalue weighted by Gasteiger charge is 2.28. The highest BCUT2D eigenvalue weighted by molar-refractivity contribution is 5.97. The molecular weight excluding hydrogens is 683 g/mol. The smallest absolute Gasteiger partial charge is 0.149 e. The third kappa shape index (κ3) is 7.04. The number of aromatic nitrogens is 3. The molecule has 8 rings (SSSR count). The van der Waals surface area contributed by atoms with Crippen molar-refractivity contribution in [2.75, 3.05) is 0 Å². The minimum Gasteiger partial charge on any atom is -0.507 e. The van der Waals surface area contributed by atoms with Gasteiger partial charge in [0.1, 0.15) is 11.6 Å². The molecule has 4 nitrogen and oxygen atoms in total. The topological polar surface area (TPSA) is 50.9 Å². The minimum atomic E-state index is -0.285. The average Bonchev–Trinajstić information content (AvgIpc) is 3.60. The Labute approximate surface area is 331 Å². The first kappa shape index (κ1) is 36.7. The first-order chi connectivity index (χ1) is 26.9. The Morgan fingerprint density at radius 2 is 1.21 bits per heavy atom. The van der Waals surface area contributed by atoms with Crippen LogP contribution in [0, 0.1) is 0 Å². The Bertz CT molecular complexity index is 2660. The number of imidazole rings is 1. The number of fused-ring (bicyclic) bond motifs is 1. The highest BCUT2D eigenvalue weighted by atomic mass is 16.3. The molecule has 2 aromatic heterocycles. The predicted octanol–water partition coefficient (Wildman–Crippen LogP) is 13.5. The van der Waals surface area contributed by atoms with Gasteiger partial charge in [-0.3, -0.25) is 9.55 Å². The van der Waals surface area contributed by atoms with Crippen LogP contribution in [0.15, 0.2) is 158 Å². The number of hydrogen-bond donors (Lipinski definition) is 1. The molecule has 8 aromatic rings. The summed E-state index contributed by atoms with van der Waals surface area (Å²) in [7, 11) is 0. The minimum absolute atomic E-state index is 0.136. The van der Waals surface area contributed by atoms with E-state index in [9.17, 15) is 5.11 Å². The third-order valence-corrected chi connectivity index (χ3v) is 11.0. The molecule has 0 aliphatic rings. The maximum absolute atomic E-state index is 12.2. The lowest BCUT2D eigenvalue weighted by atomic mass is 9.79. The third-order valence-electron chi connectivity index (χ3n) is 11.0. The standard InChI is InChI=1S/C52H49N3O/c1-34(35-18-11-8-12-19-35)38-28-39(30-40(29-38)46-31-37(26-27-53-46)36-20-13-9-14-21-36)43-24-17-25-47-48(43)54-50(55(47)42-22-15-10-16-23-42)44-32-41(51(2,3)4)33-45(49(44)56)52(5,6)7/h8-34,56H,1-7H3. The number of nitrogens with zero attached hydrogens (tertiary/aromatic N) is 3. The number of para-hydroxylation sites is 2. The fraction of sp³-hybridized carbons (Fsp3) is 0.192. The molecule has 56 heavy (non-hydrogen) atoms. The van der Waals surface area contributed by atoms with Gasteiger partial charge < -0.3 is 5.11 Å². The van der Waals surface area contributed by atoms with Crippen LogP contribution in [0.5, 0.6) is 5.75 Å². The fourth-order valence-corrected chi connectivity index (χ4v) is 7.70. The van der Waals surface area contributed by atoms with Gasteiger partial charge in [0.15, 0.2) is 0 Å². The molecule has 6 aromatic carbocycles. The number of phenols is 1. The zero-order valence-corrected chi connectivity index (χ0v) is 33.4. The lowest BCUT2D eigenvalue weighted by Gasteiger charge is -2.27. The molecule has 278 valence electrons. The number of hydrogen-bond acceptors (Lipinski definition) is 3. The molecule has 1 atom stereocenters. The molecule has 1 unspecified atom stereocenters. The molecule has 0 aliphatic heterocycles. The van der Waals surface area contributed by atoms with Crippen LogP contribution in [0.4, 0.5) is 0 Å². The van der Waals surface area contributed by atoms with E-state index in [1.165, 1.54) is 11.1 Å². The number of benzene rings is 6. The van der Waals surface area contributed by atoms with Gasteiger partial charge >= 0.3 is 0 Å². The van der Waals surface area contributed by atoms with E-state index in [1.807, 2.05) is 18.3 Å². The van der Waals surface area contributed by atoms with E-state index >= 15 is 0 Å². The zero-order chi connectivity index (χ0) is 39.2. The SMILES string of the molecule is CC(c1ccccc1)c1cc(-c2cc(-c3ccccc3)ccn2)cc(-c2cccc3c2nc(-c2cc(C(C)(C)C)cc(C(C)(C)C)c2O)n3-c2ccccc2)c1. The Hall–Kier alpha value is -6.26. The van der Waals surface area contributed by atoms with E-state index < -0.39 is 0 Å². The summed E-state index contributed by atoms with van der Waals surface area (Å²) in [5.41, 5.74) is 13.9. The summed E-state index contributed by atoms with van der Waals surface area (Å²) in [4.78, 5) is 10.4. The van der Waals surface area contributed by atoms with Gasteiger partial charge in [0.2, 0.25) is 0 Å². The van der Waals surface area contributed by atoms with Gasteiger partial charge in [0, 0.05) is 34.5 Å². The van der Waals surface area contributed by atoms with Gasteiger partial charge in [-0.05, 0) is 92.7 Å². The quantitative estimate of drug-likeness (QED) is 0.178. The van der Waals surface area contributed by atoms with Crippen LogP contribution in [0.1, 0.15) is 76.6 Å². The fourth-order valence-electron chi connectivity index (χ4n) is 7.70. The maximum Gasteiger partial charge on any atom is 0.149 e.